The van der Waals surface area contributed by atoms with Gasteiger partial charge < -0.3 is 15.5 Å². The second kappa shape index (κ2) is 11.4. The molecule has 1 aromatic heterocycles. The molecule has 2 heterocycles. The Morgan fingerprint density at radius 1 is 0.973 bits per heavy atom. The number of amides is 2. The fourth-order valence-corrected chi connectivity index (χ4v) is 6.08. The first-order valence-corrected chi connectivity index (χ1v) is 13.8. The number of rotatable bonds is 7. The first-order chi connectivity index (χ1) is 18.1. The Bertz CT molecular complexity index is 1250. The van der Waals surface area contributed by atoms with E-state index in [1.807, 2.05) is 24.2 Å². The molecule has 0 bridgehead atoms. The Balaban J connectivity index is 1.43. The van der Waals surface area contributed by atoms with E-state index < -0.39 is 6.04 Å². The first kappa shape index (κ1) is 25.4. The summed E-state index contributed by atoms with van der Waals surface area (Å²) >= 11 is 0. The number of nitrogens with zero attached hydrogens (tertiary/aromatic N) is 2. The van der Waals surface area contributed by atoms with Gasteiger partial charge in [0.25, 0.3) is 0 Å². The number of benzene rings is 2. The highest BCUT2D eigenvalue weighted by molar-refractivity contribution is 5.96. The molecular formula is C31H38N4O2. The number of likely N-dealkylation sites (tertiary alicyclic amines) is 1. The van der Waals surface area contributed by atoms with Crippen molar-refractivity contribution in [2.24, 2.45) is 5.92 Å². The van der Waals surface area contributed by atoms with Gasteiger partial charge in [0, 0.05) is 24.5 Å². The van der Waals surface area contributed by atoms with Crippen molar-refractivity contribution in [3.8, 4) is 11.1 Å². The Kier molecular flexibility index (Phi) is 7.85. The van der Waals surface area contributed by atoms with Crippen LogP contribution in [0.4, 0.5) is 0 Å². The monoisotopic (exact) mass is 498 g/mol. The Hall–Kier alpha value is -3.25. The van der Waals surface area contributed by atoms with Gasteiger partial charge in [-0.1, -0.05) is 61.7 Å². The maximum absolute atomic E-state index is 14.1. The second-order valence-corrected chi connectivity index (χ2v) is 10.6. The van der Waals surface area contributed by atoms with Crippen LogP contribution >= 0.6 is 0 Å². The first-order valence-electron chi connectivity index (χ1n) is 13.8. The van der Waals surface area contributed by atoms with Gasteiger partial charge in [0.05, 0.1) is 12.1 Å². The molecule has 6 heteroatoms. The Morgan fingerprint density at radius 2 is 1.76 bits per heavy atom. The topological polar surface area (TPSA) is 74.3 Å². The average Bonchev–Trinajstić information content (AvgIpc) is 3.45. The molecular weight excluding hydrogens is 460 g/mol. The van der Waals surface area contributed by atoms with Crippen LogP contribution in [-0.4, -0.2) is 47.4 Å². The van der Waals surface area contributed by atoms with Gasteiger partial charge in [-0.25, -0.2) is 0 Å². The minimum absolute atomic E-state index is 0.0281. The van der Waals surface area contributed by atoms with Crippen molar-refractivity contribution in [2.45, 2.75) is 70.0 Å². The summed E-state index contributed by atoms with van der Waals surface area (Å²) in [7, 11) is 1.77. The smallest absolute Gasteiger partial charge is 0.245 e. The summed E-state index contributed by atoms with van der Waals surface area (Å²) in [5.41, 5.74) is 3.28. The summed E-state index contributed by atoms with van der Waals surface area (Å²) in [5.74, 6) is 0.138. The van der Waals surface area contributed by atoms with E-state index in [-0.39, 0.29) is 29.8 Å². The third-order valence-corrected chi connectivity index (χ3v) is 8.29. The van der Waals surface area contributed by atoms with Crippen LogP contribution in [0.2, 0.25) is 0 Å². The van der Waals surface area contributed by atoms with E-state index in [1.165, 1.54) is 17.2 Å². The third-order valence-electron chi connectivity index (χ3n) is 8.29. The Morgan fingerprint density at radius 3 is 2.57 bits per heavy atom. The van der Waals surface area contributed by atoms with Crippen LogP contribution in [0.3, 0.4) is 0 Å². The molecule has 2 N–H and O–H groups in total. The highest BCUT2D eigenvalue weighted by Crippen LogP contribution is 2.37. The zero-order valence-electron chi connectivity index (χ0n) is 22.0. The molecule has 6 nitrogen and oxygen atoms in total. The minimum atomic E-state index is -0.474. The van der Waals surface area contributed by atoms with E-state index >= 15 is 0 Å². The molecule has 2 aromatic carbocycles. The molecule has 3 aromatic rings. The van der Waals surface area contributed by atoms with Crippen LogP contribution in [-0.2, 0) is 9.59 Å². The SMILES string of the molecule is CNC(C)C(=O)N[C@H](C(=O)N1CCC[C@H]1c1cncc(-c2cccc3ccccc23)c1)C1CCCCC1. The maximum atomic E-state index is 14.1. The van der Waals surface area contributed by atoms with Gasteiger partial charge in [-0.15, -0.1) is 0 Å². The summed E-state index contributed by atoms with van der Waals surface area (Å²) in [5, 5.41) is 8.54. The van der Waals surface area contributed by atoms with Gasteiger partial charge in [-0.05, 0) is 73.5 Å². The van der Waals surface area contributed by atoms with Gasteiger partial charge in [0.2, 0.25) is 11.8 Å². The van der Waals surface area contributed by atoms with Crippen LogP contribution in [0.25, 0.3) is 21.9 Å². The van der Waals surface area contributed by atoms with Crippen molar-refractivity contribution in [3.05, 3.63) is 66.5 Å². The molecule has 194 valence electrons. The van der Waals surface area contributed by atoms with Crippen LogP contribution in [0.1, 0.15) is 63.5 Å². The Labute approximate surface area is 219 Å². The van der Waals surface area contributed by atoms with Gasteiger partial charge in [0.1, 0.15) is 6.04 Å². The second-order valence-electron chi connectivity index (χ2n) is 10.6. The third kappa shape index (κ3) is 5.40. The lowest BCUT2D eigenvalue weighted by Crippen LogP contribution is -2.55. The van der Waals surface area contributed by atoms with E-state index in [0.29, 0.717) is 6.54 Å². The van der Waals surface area contributed by atoms with Crippen molar-refractivity contribution in [3.63, 3.8) is 0 Å². The predicted molar refractivity (Wildman–Crippen MR) is 148 cm³/mol. The number of carbonyl (C=O) groups excluding carboxylic acids is 2. The fourth-order valence-electron chi connectivity index (χ4n) is 6.08. The highest BCUT2D eigenvalue weighted by atomic mass is 16.2. The molecule has 2 aliphatic rings. The lowest BCUT2D eigenvalue weighted by Gasteiger charge is -2.35. The van der Waals surface area contributed by atoms with Crippen LogP contribution in [0.15, 0.2) is 60.9 Å². The average molecular weight is 499 g/mol. The van der Waals surface area contributed by atoms with Gasteiger partial charge >= 0.3 is 0 Å². The zero-order chi connectivity index (χ0) is 25.8. The lowest BCUT2D eigenvalue weighted by molar-refractivity contribution is -0.139. The van der Waals surface area contributed by atoms with E-state index in [1.54, 1.807) is 7.05 Å². The molecule has 1 aliphatic heterocycles. The number of pyridine rings is 1. The van der Waals surface area contributed by atoms with Crippen molar-refractivity contribution in [1.29, 1.82) is 0 Å². The molecule has 0 spiro atoms. The van der Waals surface area contributed by atoms with Crippen molar-refractivity contribution < 1.29 is 9.59 Å². The maximum Gasteiger partial charge on any atom is 0.245 e. The normalized spacial score (nSPS) is 20.1. The van der Waals surface area contributed by atoms with E-state index in [9.17, 15) is 9.59 Å². The zero-order valence-corrected chi connectivity index (χ0v) is 22.0. The molecule has 1 aliphatic carbocycles. The summed E-state index contributed by atoms with van der Waals surface area (Å²) in [6.45, 7) is 2.55. The number of hydrogen-bond donors (Lipinski definition) is 2. The van der Waals surface area contributed by atoms with Gasteiger partial charge in [-0.3, -0.25) is 14.6 Å². The number of nitrogens with one attached hydrogen (secondary N) is 2. The standard InChI is InChI=1S/C31H38N4O2/c1-21(32-2)30(36)34-29(23-11-4-3-5-12-23)31(37)35-17-9-16-28(35)25-18-24(19-33-20-25)27-15-8-13-22-10-6-7-14-26(22)27/h6-8,10,13-15,18-21,23,28-29,32H,3-5,9,11-12,16-17H2,1-2H3,(H,34,36)/t21?,28-,29-/m0/s1. The molecule has 1 unspecified atom stereocenters. The number of carbonyl (C=O) groups is 2. The van der Waals surface area contributed by atoms with E-state index in [4.69, 9.17) is 0 Å². The quantitative estimate of drug-likeness (QED) is 0.467. The number of aromatic nitrogens is 1. The van der Waals surface area contributed by atoms with Crippen molar-refractivity contribution in [2.75, 3.05) is 13.6 Å². The van der Waals surface area contributed by atoms with Crippen molar-refractivity contribution in [1.82, 2.24) is 20.5 Å². The molecule has 5 rings (SSSR count). The van der Waals surface area contributed by atoms with E-state index in [2.05, 4.69) is 64.1 Å². The van der Waals surface area contributed by atoms with Gasteiger partial charge in [0.15, 0.2) is 0 Å². The molecule has 1 saturated carbocycles. The molecule has 2 amide bonds. The number of hydrogen-bond acceptors (Lipinski definition) is 4. The molecule has 2 fully saturated rings. The molecule has 3 atom stereocenters. The fraction of sp³-hybridized carbons (Fsp3) is 0.452. The van der Waals surface area contributed by atoms with E-state index in [0.717, 1.165) is 55.2 Å². The van der Waals surface area contributed by atoms with Crippen LogP contribution < -0.4 is 10.6 Å². The predicted octanol–water partition coefficient (Wildman–Crippen LogP) is 5.24. The van der Waals surface area contributed by atoms with Crippen molar-refractivity contribution >= 4 is 22.6 Å². The molecule has 1 saturated heterocycles. The summed E-state index contributed by atoms with van der Waals surface area (Å²) in [4.78, 5) is 33.5. The number of fused-ring (bicyclic) bond motifs is 1. The van der Waals surface area contributed by atoms with Crippen LogP contribution in [0, 0.1) is 5.92 Å². The summed E-state index contributed by atoms with van der Waals surface area (Å²) in [6, 6.07) is 16.1. The number of likely N-dealkylation sites (N-methyl/N-ethyl adjacent to an activating group) is 1. The van der Waals surface area contributed by atoms with Gasteiger partial charge in [-0.2, -0.15) is 0 Å². The molecule has 37 heavy (non-hydrogen) atoms. The summed E-state index contributed by atoms with van der Waals surface area (Å²) < 4.78 is 0. The minimum Gasteiger partial charge on any atom is -0.343 e. The molecule has 0 radical (unpaired) electrons. The summed E-state index contributed by atoms with van der Waals surface area (Å²) in [6.07, 6.45) is 11.1. The lowest BCUT2D eigenvalue weighted by atomic mass is 9.83. The van der Waals surface area contributed by atoms with Crippen LogP contribution in [0.5, 0.6) is 0 Å². The highest BCUT2D eigenvalue weighted by Gasteiger charge is 2.39. The largest absolute Gasteiger partial charge is 0.343 e.